The third-order valence-corrected chi connectivity index (χ3v) is 5.62. The molecule has 0 spiro atoms. The van der Waals surface area contributed by atoms with Crippen LogP contribution in [-0.2, 0) is 17.6 Å². The van der Waals surface area contributed by atoms with Crippen molar-refractivity contribution >= 4 is 5.82 Å². The number of hydrogen-bond donors (Lipinski definition) is 1. The largest absolute Gasteiger partial charge is 0.373 e. The summed E-state index contributed by atoms with van der Waals surface area (Å²) in [4.78, 5) is 14.1. The molecule has 1 aliphatic heterocycles. The van der Waals surface area contributed by atoms with Crippen molar-refractivity contribution in [3.8, 4) is 11.5 Å². The Morgan fingerprint density at radius 1 is 0.964 bits per heavy atom. The molecule has 2 unspecified atom stereocenters. The highest BCUT2D eigenvalue weighted by Gasteiger charge is 2.27. The molecule has 0 saturated carbocycles. The lowest BCUT2D eigenvalue weighted by atomic mass is 9.97. The number of rotatable bonds is 4. The van der Waals surface area contributed by atoms with Crippen LogP contribution in [0.25, 0.3) is 11.5 Å². The zero-order valence-electron chi connectivity index (χ0n) is 15.8. The van der Waals surface area contributed by atoms with Crippen molar-refractivity contribution in [3.05, 3.63) is 71.5 Å². The van der Waals surface area contributed by atoms with Crippen molar-refractivity contribution in [3.63, 3.8) is 0 Å². The number of aryl methyl sites for hydroxylation is 1. The second-order valence-electron chi connectivity index (χ2n) is 7.53. The van der Waals surface area contributed by atoms with E-state index in [0.29, 0.717) is 6.04 Å². The predicted molar refractivity (Wildman–Crippen MR) is 109 cm³/mol. The minimum Gasteiger partial charge on any atom is -0.373 e. The average molecular weight is 372 g/mol. The monoisotopic (exact) mass is 372 g/mol. The maximum Gasteiger partial charge on any atom is 0.180 e. The molecule has 5 nitrogen and oxygen atoms in total. The van der Waals surface area contributed by atoms with Crippen LogP contribution in [0, 0.1) is 0 Å². The molecule has 2 atom stereocenters. The van der Waals surface area contributed by atoms with Crippen molar-refractivity contribution in [1.82, 2.24) is 15.0 Å². The first-order valence-electron chi connectivity index (χ1n) is 10.1. The summed E-state index contributed by atoms with van der Waals surface area (Å²) in [6, 6.07) is 16.7. The van der Waals surface area contributed by atoms with Gasteiger partial charge in [0.05, 0.1) is 6.10 Å². The number of pyridine rings is 1. The Morgan fingerprint density at radius 3 is 2.71 bits per heavy atom. The zero-order chi connectivity index (χ0) is 18.8. The van der Waals surface area contributed by atoms with Crippen molar-refractivity contribution in [2.75, 3.05) is 11.9 Å². The van der Waals surface area contributed by atoms with Crippen LogP contribution in [-0.4, -0.2) is 27.6 Å². The first kappa shape index (κ1) is 17.3. The summed E-state index contributed by atoms with van der Waals surface area (Å²) in [6.07, 6.45) is 7.07. The van der Waals surface area contributed by atoms with E-state index in [2.05, 4.69) is 34.6 Å². The third kappa shape index (κ3) is 3.50. The molecule has 2 aromatic heterocycles. The minimum absolute atomic E-state index is 0.137. The third-order valence-electron chi connectivity index (χ3n) is 5.62. The van der Waals surface area contributed by atoms with Gasteiger partial charge in [-0.25, -0.2) is 9.97 Å². The highest BCUT2D eigenvalue weighted by Crippen LogP contribution is 2.33. The molecule has 1 N–H and O–H groups in total. The molecular formula is C23H24N4O. The molecule has 142 valence electrons. The molecule has 3 heterocycles. The highest BCUT2D eigenvalue weighted by atomic mass is 16.5. The molecule has 0 radical (unpaired) electrons. The molecule has 2 aliphatic rings. The maximum atomic E-state index is 6.03. The average Bonchev–Trinajstić information content (AvgIpc) is 3.24. The lowest BCUT2D eigenvalue weighted by Gasteiger charge is -2.31. The Kier molecular flexibility index (Phi) is 4.75. The summed E-state index contributed by atoms with van der Waals surface area (Å²) in [5.74, 6) is 1.71. The van der Waals surface area contributed by atoms with Crippen molar-refractivity contribution in [2.45, 2.75) is 44.2 Å². The van der Waals surface area contributed by atoms with E-state index in [-0.39, 0.29) is 6.10 Å². The summed E-state index contributed by atoms with van der Waals surface area (Å²) >= 11 is 0. The van der Waals surface area contributed by atoms with E-state index in [1.54, 1.807) is 6.20 Å². The maximum absolute atomic E-state index is 6.03. The predicted octanol–water partition coefficient (Wildman–Crippen LogP) is 4.36. The Hall–Kier alpha value is -2.79. The quantitative estimate of drug-likeness (QED) is 0.737. The summed E-state index contributed by atoms with van der Waals surface area (Å²) in [7, 11) is 0. The van der Waals surface area contributed by atoms with E-state index in [1.165, 1.54) is 16.8 Å². The van der Waals surface area contributed by atoms with E-state index in [1.807, 2.05) is 24.3 Å². The second-order valence-corrected chi connectivity index (χ2v) is 7.53. The van der Waals surface area contributed by atoms with Crippen LogP contribution in [0.5, 0.6) is 0 Å². The number of fused-ring (bicyclic) bond motifs is 1. The van der Waals surface area contributed by atoms with Crippen molar-refractivity contribution < 1.29 is 4.74 Å². The molecule has 5 heteroatoms. The minimum atomic E-state index is 0.137. The summed E-state index contributed by atoms with van der Waals surface area (Å²) < 4.78 is 6.03. The fourth-order valence-electron chi connectivity index (χ4n) is 4.18. The Morgan fingerprint density at radius 2 is 1.86 bits per heavy atom. The number of ether oxygens (including phenoxy) is 1. The van der Waals surface area contributed by atoms with Crippen molar-refractivity contribution in [2.24, 2.45) is 0 Å². The van der Waals surface area contributed by atoms with Crippen LogP contribution in [0.1, 0.15) is 42.2 Å². The summed E-state index contributed by atoms with van der Waals surface area (Å²) in [5.41, 5.74) is 4.53. The molecule has 0 amide bonds. The molecule has 0 bridgehead atoms. The normalized spacial score (nSPS) is 21.3. The molecule has 28 heavy (non-hydrogen) atoms. The number of hydrogen-bond acceptors (Lipinski definition) is 5. The smallest absolute Gasteiger partial charge is 0.180 e. The first-order valence-corrected chi connectivity index (χ1v) is 10.1. The summed E-state index contributed by atoms with van der Waals surface area (Å²) in [6.45, 7) is 0.762. The molecule has 1 fully saturated rings. The Labute approximate surface area is 165 Å². The van der Waals surface area contributed by atoms with Gasteiger partial charge >= 0.3 is 0 Å². The zero-order valence-corrected chi connectivity index (χ0v) is 15.8. The van der Waals surface area contributed by atoms with Gasteiger partial charge in [-0.05, 0) is 49.8 Å². The van der Waals surface area contributed by atoms with Crippen LogP contribution < -0.4 is 5.32 Å². The van der Waals surface area contributed by atoms with Gasteiger partial charge in [0.1, 0.15) is 11.5 Å². The van der Waals surface area contributed by atoms with E-state index < -0.39 is 0 Å². The lowest BCUT2D eigenvalue weighted by Crippen LogP contribution is -2.31. The number of benzene rings is 1. The van der Waals surface area contributed by atoms with Gasteiger partial charge in [-0.3, -0.25) is 4.98 Å². The van der Waals surface area contributed by atoms with E-state index in [9.17, 15) is 0 Å². The molecule has 3 aromatic rings. The topological polar surface area (TPSA) is 59.9 Å². The molecule has 1 aliphatic carbocycles. The number of aromatic nitrogens is 3. The van der Waals surface area contributed by atoms with Gasteiger partial charge in [-0.2, -0.15) is 0 Å². The van der Waals surface area contributed by atoms with Crippen LogP contribution in [0.3, 0.4) is 0 Å². The van der Waals surface area contributed by atoms with Gasteiger partial charge in [0.15, 0.2) is 5.82 Å². The first-order chi connectivity index (χ1) is 13.9. The lowest BCUT2D eigenvalue weighted by molar-refractivity contribution is 0.00973. The van der Waals surface area contributed by atoms with Gasteiger partial charge in [0, 0.05) is 30.1 Å². The van der Waals surface area contributed by atoms with Gasteiger partial charge < -0.3 is 10.1 Å². The fraction of sp³-hybridized carbons (Fsp3) is 0.348. The van der Waals surface area contributed by atoms with Gasteiger partial charge in [0.25, 0.3) is 0 Å². The van der Waals surface area contributed by atoms with Crippen molar-refractivity contribution in [1.29, 1.82) is 0 Å². The van der Waals surface area contributed by atoms with Gasteiger partial charge in [0.2, 0.25) is 0 Å². The Balaban J connectivity index is 1.41. The second kappa shape index (κ2) is 7.68. The van der Waals surface area contributed by atoms with Gasteiger partial charge in [-0.1, -0.05) is 36.4 Å². The Bertz CT molecular complexity index is 946. The molecular weight excluding hydrogens is 348 g/mol. The SMILES string of the molecule is c1ccc(C2CC(Nc3nc(-c4ccccn4)nc4c3CCC4)CCO2)cc1. The van der Waals surface area contributed by atoms with E-state index in [4.69, 9.17) is 14.7 Å². The molecule has 1 saturated heterocycles. The van der Waals surface area contributed by atoms with Gasteiger partial charge in [-0.15, -0.1) is 0 Å². The van der Waals surface area contributed by atoms with Crippen LogP contribution >= 0.6 is 0 Å². The fourth-order valence-corrected chi connectivity index (χ4v) is 4.18. The van der Waals surface area contributed by atoms with Crippen LogP contribution in [0.4, 0.5) is 5.82 Å². The van der Waals surface area contributed by atoms with E-state index in [0.717, 1.165) is 56.0 Å². The molecule has 1 aromatic carbocycles. The van der Waals surface area contributed by atoms with Crippen LogP contribution in [0.15, 0.2) is 54.7 Å². The van der Waals surface area contributed by atoms with Crippen LogP contribution in [0.2, 0.25) is 0 Å². The number of nitrogens with zero attached hydrogens (tertiary/aromatic N) is 3. The van der Waals surface area contributed by atoms with E-state index >= 15 is 0 Å². The summed E-state index contributed by atoms with van der Waals surface area (Å²) in [5, 5.41) is 3.73. The standard InChI is InChI=1S/C23H24N4O/c1-2-7-16(8-3-1)21-15-17(12-14-28-21)25-22-18-9-6-11-19(18)26-23(27-22)20-10-4-5-13-24-20/h1-5,7-8,10,13,17,21H,6,9,11-12,14-15H2,(H,25,26,27). The number of nitrogens with one attached hydrogen (secondary N) is 1. The highest BCUT2D eigenvalue weighted by molar-refractivity contribution is 5.58. The molecule has 5 rings (SSSR count). The number of anilines is 1.